The Hall–Kier alpha value is -2.08. The molecule has 1 saturated heterocycles. The zero-order chi connectivity index (χ0) is 23.0. The molecule has 0 spiro atoms. The Morgan fingerprint density at radius 3 is 2.45 bits per heavy atom. The topological polar surface area (TPSA) is 71.1 Å². The van der Waals surface area contributed by atoms with Crippen LogP contribution >= 0.6 is 0 Å². The van der Waals surface area contributed by atoms with Gasteiger partial charge >= 0.3 is 5.97 Å². The standard InChI is InChI=1S/C25H38O6/c1-16(2)19(14-21(26)23-15-20(17(3)4)25(27)31-23)12-18-8-9-22(29-6)24(13-18)30-11-7-10-28-5/h8-9,13,16-17,19-20,23H,7,10-12,14-15H2,1-6H3/t19-,20-,23?/m0/s1. The molecular formula is C25H38O6. The second kappa shape index (κ2) is 12.1. The van der Waals surface area contributed by atoms with Crippen LogP contribution in [0.3, 0.4) is 0 Å². The molecule has 6 heteroatoms. The van der Waals surface area contributed by atoms with Gasteiger partial charge in [0, 0.05) is 33.0 Å². The van der Waals surface area contributed by atoms with Crippen molar-refractivity contribution in [3.8, 4) is 11.5 Å². The molecule has 1 heterocycles. The summed E-state index contributed by atoms with van der Waals surface area (Å²) in [6.07, 6.45) is 1.84. The monoisotopic (exact) mass is 434 g/mol. The molecule has 0 aromatic heterocycles. The van der Waals surface area contributed by atoms with Crippen molar-refractivity contribution < 1.29 is 28.5 Å². The highest BCUT2D eigenvalue weighted by Gasteiger charge is 2.40. The van der Waals surface area contributed by atoms with Gasteiger partial charge in [0.1, 0.15) is 0 Å². The number of methoxy groups -OCH3 is 2. The summed E-state index contributed by atoms with van der Waals surface area (Å²) in [5.74, 6) is 1.66. The fraction of sp³-hybridized carbons (Fsp3) is 0.680. The lowest BCUT2D eigenvalue weighted by Gasteiger charge is -2.22. The average molecular weight is 435 g/mol. The summed E-state index contributed by atoms with van der Waals surface area (Å²) in [7, 11) is 3.30. The Morgan fingerprint density at radius 1 is 1.13 bits per heavy atom. The lowest BCUT2D eigenvalue weighted by Crippen LogP contribution is -2.26. The number of ether oxygens (including phenoxy) is 4. The number of Topliss-reactive ketones (excluding diaryl/α,β-unsaturated/α-hetero) is 1. The number of benzene rings is 1. The quantitative estimate of drug-likeness (QED) is 0.337. The van der Waals surface area contributed by atoms with Crippen LogP contribution in [0.15, 0.2) is 18.2 Å². The molecule has 6 nitrogen and oxygen atoms in total. The van der Waals surface area contributed by atoms with E-state index >= 15 is 0 Å². The van der Waals surface area contributed by atoms with E-state index in [9.17, 15) is 9.59 Å². The summed E-state index contributed by atoms with van der Waals surface area (Å²) >= 11 is 0. The smallest absolute Gasteiger partial charge is 0.310 e. The zero-order valence-electron chi connectivity index (χ0n) is 19.8. The van der Waals surface area contributed by atoms with Crippen LogP contribution in [0.5, 0.6) is 11.5 Å². The van der Waals surface area contributed by atoms with Gasteiger partial charge in [-0.05, 0) is 41.9 Å². The number of rotatable bonds is 13. The third-order valence-electron chi connectivity index (χ3n) is 6.08. The van der Waals surface area contributed by atoms with Gasteiger partial charge in [-0.1, -0.05) is 33.8 Å². The Balaban J connectivity index is 2.04. The highest BCUT2D eigenvalue weighted by Crippen LogP contribution is 2.33. The maximum Gasteiger partial charge on any atom is 0.310 e. The number of cyclic esters (lactones) is 1. The van der Waals surface area contributed by atoms with Crippen molar-refractivity contribution in [3.63, 3.8) is 0 Å². The van der Waals surface area contributed by atoms with Gasteiger partial charge in [-0.2, -0.15) is 0 Å². The highest BCUT2D eigenvalue weighted by atomic mass is 16.6. The van der Waals surface area contributed by atoms with Crippen LogP contribution < -0.4 is 9.47 Å². The van der Waals surface area contributed by atoms with E-state index < -0.39 is 6.10 Å². The van der Waals surface area contributed by atoms with Crippen LogP contribution in [-0.2, 0) is 25.5 Å². The van der Waals surface area contributed by atoms with Crippen molar-refractivity contribution in [3.05, 3.63) is 23.8 Å². The first-order valence-corrected chi connectivity index (χ1v) is 11.3. The van der Waals surface area contributed by atoms with Crippen molar-refractivity contribution in [1.29, 1.82) is 0 Å². The Kier molecular flexibility index (Phi) is 9.82. The molecular weight excluding hydrogens is 396 g/mol. The minimum atomic E-state index is -0.600. The summed E-state index contributed by atoms with van der Waals surface area (Å²) in [6.45, 7) is 9.43. The van der Waals surface area contributed by atoms with E-state index in [0.717, 1.165) is 18.4 Å². The minimum Gasteiger partial charge on any atom is -0.493 e. The molecule has 0 amide bonds. The fourth-order valence-electron chi connectivity index (χ4n) is 3.93. The van der Waals surface area contributed by atoms with Gasteiger partial charge in [0.05, 0.1) is 19.6 Å². The first kappa shape index (κ1) is 25.2. The Bertz CT molecular complexity index is 727. The average Bonchev–Trinajstić information content (AvgIpc) is 3.13. The molecule has 1 fully saturated rings. The van der Waals surface area contributed by atoms with Crippen molar-refractivity contribution >= 4 is 11.8 Å². The van der Waals surface area contributed by atoms with E-state index in [1.165, 1.54) is 0 Å². The predicted molar refractivity (Wildman–Crippen MR) is 119 cm³/mol. The van der Waals surface area contributed by atoms with E-state index in [4.69, 9.17) is 18.9 Å². The minimum absolute atomic E-state index is 0.0275. The van der Waals surface area contributed by atoms with Gasteiger partial charge in [-0.3, -0.25) is 9.59 Å². The zero-order valence-corrected chi connectivity index (χ0v) is 19.8. The molecule has 3 atom stereocenters. The number of carbonyl (C=O) groups excluding carboxylic acids is 2. The molecule has 1 unspecified atom stereocenters. The molecule has 1 aromatic carbocycles. The third kappa shape index (κ3) is 7.23. The van der Waals surface area contributed by atoms with Crippen LogP contribution in [0, 0.1) is 23.7 Å². The number of hydrogen-bond donors (Lipinski definition) is 0. The third-order valence-corrected chi connectivity index (χ3v) is 6.08. The molecule has 0 bridgehead atoms. The lowest BCUT2D eigenvalue weighted by atomic mass is 9.83. The highest BCUT2D eigenvalue weighted by molar-refractivity contribution is 5.89. The molecule has 0 saturated carbocycles. The van der Waals surface area contributed by atoms with Crippen molar-refractivity contribution in [1.82, 2.24) is 0 Å². The molecule has 31 heavy (non-hydrogen) atoms. The van der Waals surface area contributed by atoms with Crippen LogP contribution in [0.1, 0.15) is 52.5 Å². The summed E-state index contributed by atoms with van der Waals surface area (Å²) < 4.78 is 21.8. The van der Waals surface area contributed by atoms with E-state index in [2.05, 4.69) is 13.8 Å². The fourth-order valence-corrected chi connectivity index (χ4v) is 3.93. The summed E-state index contributed by atoms with van der Waals surface area (Å²) in [5, 5.41) is 0. The second-order valence-corrected chi connectivity index (χ2v) is 9.07. The molecule has 0 radical (unpaired) electrons. The summed E-state index contributed by atoms with van der Waals surface area (Å²) in [4.78, 5) is 25.0. The first-order chi connectivity index (χ1) is 14.8. The van der Waals surface area contributed by atoms with Gasteiger partial charge in [-0.15, -0.1) is 0 Å². The van der Waals surface area contributed by atoms with E-state index in [0.29, 0.717) is 43.5 Å². The maximum absolute atomic E-state index is 12.9. The van der Waals surface area contributed by atoms with Gasteiger partial charge < -0.3 is 18.9 Å². The van der Waals surface area contributed by atoms with Crippen LogP contribution in [0.25, 0.3) is 0 Å². The SMILES string of the molecule is COCCCOc1cc(C[C@@H](CC(=O)C2C[C@@H](C(C)C)C(=O)O2)C(C)C)ccc1OC. The first-order valence-electron chi connectivity index (χ1n) is 11.3. The van der Waals surface area contributed by atoms with Gasteiger partial charge in [-0.25, -0.2) is 0 Å². The number of hydrogen-bond acceptors (Lipinski definition) is 6. The normalized spacial score (nSPS) is 19.5. The predicted octanol–water partition coefficient (Wildman–Crippen LogP) is 4.47. The van der Waals surface area contributed by atoms with Crippen LogP contribution in [0.2, 0.25) is 0 Å². The second-order valence-electron chi connectivity index (χ2n) is 9.07. The molecule has 1 aromatic rings. The van der Waals surface area contributed by atoms with E-state index in [1.807, 2.05) is 32.0 Å². The van der Waals surface area contributed by atoms with Crippen LogP contribution in [-0.4, -0.2) is 45.3 Å². The van der Waals surface area contributed by atoms with Gasteiger partial charge in [0.15, 0.2) is 23.4 Å². The lowest BCUT2D eigenvalue weighted by molar-refractivity contribution is -0.150. The summed E-state index contributed by atoms with van der Waals surface area (Å²) in [5.41, 5.74) is 1.09. The van der Waals surface area contributed by atoms with Crippen LogP contribution in [0.4, 0.5) is 0 Å². The molecule has 0 N–H and O–H groups in total. The molecule has 0 aliphatic carbocycles. The van der Waals surface area contributed by atoms with E-state index in [1.54, 1.807) is 14.2 Å². The Morgan fingerprint density at radius 2 is 1.87 bits per heavy atom. The largest absolute Gasteiger partial charge is 0.493 e. The molecule has 1 aliphatic heterocycles. The molecule has 2 rings (SSSR count). The summed E-state index contributed by atoms with van der Waals surface area (Å²) in [6, 6.07) is 5.92. The number of carbonyl (C=O) groups is 2. The van der Waals surface area contributed by atoms with Crippen molar-refractivity contribution in [2.45, 2.75) is 59.5 Å². The maximum atomic E-state index is 12.9. The molecule has 174 valence electrons. The van der Waals surface area contributed by atoms with Gasteiger partial charge in [0.25, 0.3) is 0 Å². The van der Waals surface area contributed by atoms with Gasteiger partial charge in [0.2, 0.25) is 0 Å². The van der Waals surface area contributed by atoms with Crippen molar-refractivity contribution in [2.24, 2.45) is 23.7 Å². The molecule has 1 aliphatic rings. The number of ketones is 1. The Labute approximate surface area is 186 Å². The number of esters is 1. The van der Waals surface area contributed by atoms with Crippen molar-refractivity contribution in [2.75, 3.05) is 27.4 Å². The van der Waals surface area contributed by atoms with E-state index in [-0.39, 0.29) is 29.5 Å².